The molecule has 104 valence electrons. The Morgan fingerprint density at radius 3 is 2.85 bits per heavy atom. The molecule has 1 aliphatic rings. The monoisotopic (exact) mass is 275 g/mol. The van der Waals surface area contributed by atoms with Crippen molar-refractivity contribution in [3.8, 4) is 5.75 Å². The molecule has 2 aromatic heterocycles. The quantitative estimate of drug-likeness (QED) is 0.847. The summed E-state index contributed by atoms with van der Waals surface area (Å²) in [5.74, 6) is 0.889. The molecule has 0 atom stereocenters. The number of carbonyl (C=O) groups excluding carboxylic acids is 1. The van der Waals surface area contributed by atoms with Gasteiger partial charge >= 0.3 is 5.63 Å². The average molecular weight is 275 g/mol. The van der Waals surface area contributed by atoms with Gasteiger partial charge in [0.15, 0.2) is 0 Å². The van der Waals surface area contributed by atoms with Gasteiger partial charge in [0.25, 0.3) is 5.91 Å². The van der Waals surface area contributed by atoms with Crippen LogP contribution >= 0.6 is 0 Å². The van der Waals surface area contributed by atoms with Gasteiger partial charge in [0.05, 0.1) is 31.0 Å². The first kappa shape index (κ1) is 12.5. The van der Waals surface area contributed by atoms with Crippen molar-refractivity contribution in [2.24, 2.45) is 0 Å². The zero-order valence-electron chi connectivity index (χ0n) is 10.9. The molecule has 1 aliphatic heterocycles. The smallest absolute Gasteiger partial charge is 0.339 e. The number of nitrogens with zero attached hydrogens (tertiary/aromatic N) is 1. The third-order valence-electron chi connectivity index (χ3n) is 3.07. The molecule has 3 heterocycles. The van der Waals surface area contributed by atoms with Gasteiger partial charge in [-0.05, 0) is 13.0 Å². The lowest BCUT2D eigenvalue weighted by Gasteiger charge is -2.38. The summed E-state index contributed by atoms with van der Waals surface area (Å²) in [4.78, 5) is 24.8. The van der Waals surface area contributed by atoms with Crippen molar-refractivity contribution >= 4 is 5.91 Å². The van der Waals surface area contributed by atoms with Crippen molar-refractivity contribution in [2.45, 2.75) is 13.0 Å². The third kappa shape index (κ3) is 2.45. The molecule has 0 aromatic carbocycles. The molecule has 0 saturated carbocycles. The van der Waals surface area contributed by atoms with E-state index in [1.807, 2.05) is 0 Å². The summed E-state index contributed by atoms with van der Waals surface area (Å²) < 4.78 is 15.4. The minimum absolute atomic E-state index is 0.0812. The van der Waals surface area contributed by atoms with E-state index in [4.69, 9.17) is 13.6 Å². The van der Waals surface area contributed by atoms with E-state index < -0.39 is 5.63 Å². The van der Waals surface area contributed by atoms with Crippen LogP contribution in [-0.2, 0) is 0 Å². The van der Waals surface area contributed by atoms with Crippen LogP contribution in [0.4, 0.5) is 0 Å². The summed E-state index contributed by atoms with van der Waals surface area (Å²) in [7, 11) is 0. The zero-order chi connectivity index (χ0) is 14.1. The lowest BCUT2D eigenvalue weighted by molar-refractivity contribution is 0.0174. The number of likely N-dealkylation sites (tertiary alicyclic amines) is 1. The average Bonchev–Trinajstić information content (AvgIpc) is 2.85. The highest BCUT2D eigenvalue weighted by Crippen LogP contribution is 2.19. The summed E-state index contributed by atoms with van der Waals surface area (Å²) >= 11 is 0. The van der Waals surface area contributed by atoms with Gasteiger partial charge in [0.1, 0.15) is 23.9 Å². The van der Waals surface area contributed by atoms with Gasteiger partial charge in [-0.3, -0.25) is 4.79 Å². The first-order valence-corrected chi connectivity index (χ1v) is 6.22. The van der Waals surface area contributed by atoms with E-state index in [1.165, 1.54) is 18.6 Å². The van der Waals surface area contributed by atoms with E-state index in [1.54, 1.807) is 24.0 Å². The topological polar surface area (TPSA) is 72.9 Å². The maximum atomic E-state index is 11.9. The number of furan rings is 1. The second-order valence-electron chi connectivity index (χ2n) is 4.68. The largest absolute Gasteiger partial charge is 0.486 e. The van der Waals surface area contributed by atoms with Gasteiger partial charge in [-0.25, -0.2) is 4.79 Å². The van der Waals surface area contributed by atoms with Crippen LogP contribution < -0.4 is 10.4 Å². The number of amides is 1. The normalized spacial score (nSPS) is 14.9. The molecule has 0 aliphatic carbocycles. The first-order valence-electron chi connectivity index (χ1n) is 6.22. The molecule has 0 unspecified atom stereocenters. The Bertz CT molecular complexity index is 667. The molecule has 6 nitrogen and oxygen atoms in total. The number of hydrogen-bond acceptors (Lipinski definition) is 5. The molecule has 0 bridgehead atoms. The van der Waals surface area contributed by atoms with Gasteiger partial charge in [0, 0.05) is 6.07 Å². The first-order chi connectivity index (χ1) is 9.61. The van der Waals surface area contributed by atoms with E-state index in [9.17, 15) is 9.59 Å². The van der Waals surface area contributed by atoms with Crippen LogP contribution in [0, 0.1) is 6.92 Å². The minimum Gasteiger partial charge on any atom is -0.486 e. The van der Waals surface area contributed by atoms with Crippen LogP contribution in [0.3, 0.4) is 0 Å². The van der Waals surface area contributed by atoms with Crippen LogP contribution in [0.1, 0.15) is 16.1 Å². The molecule has 6 heteroatoms. The molecule has 1 fully saturated rings. The van der Waals surface area contributed by atoms with Crippen molar-refractivity contribution in [1.82, 2.24) is 4.90 Å². The number of carbonyl (C=O) groups is 1. The van der Waals surface area contributed by atoms with E-state index in [2.05, 4.69) is 0 Å². The molecule has 0 N–H and O–H groups in total. The van der Waals surface area contributed by atoms with Crippen molar-refractivity contribution < 1.29 is 18.4 Å². The highest BCUT2D eigenvalue weighted by Gasteiger charge is 2.33. The Morgan fingerprint density at radius 1 is 1.40 bits per heavy atom. The molecular weight excluding hydrogens is 262 g/mol. The molecule has 3 rings (SSSR count). The Hall–Kier alpha value is -2.50. The SMILES string of the molecule is Cc1cc(OC2CN(C(=O)c3ccoc3)C2)cc(=O)o1. The lowest BCUT2D eigenvalue weighted by Crippen LogP contribution is -2.56. The maximum absolute atomic E-state index is 11.9. The van der Waals surface area contributed by atoms with E-state index in [0.29, 0.717) is 30.2 Å². The Kier molecular flexibility index (Phi) is 3.06. The zero-order valence-corrected chi connectivity index (χ0v) is 10.9. The molecule has 2 aromatic rings. The molecule has 20 heavy (non-hydrogen) atoms. The minimum atomic E-state index is -0.439. The summed E-state index contributed by atoms with van der Waals surface area (Å²) in [6.07, 6.45) is 2.78. The number of ether oxygens (including phenoxy) is 1. The van der Waals surface area contributed by atoms with Gasteiger partial charge in [-0.1, -0.05) is 0 Å². The fourth-order valence-electron chi connectivity index (χ4n) is 2.08. The van der Waals surface area contributed by atoms with Crippen LogP contribution in [-0.4, -0.2) is 30.0 Å². The molecule has 0 spiro atoms. The van der Waals surface area contributed by atoms with E-state index >= 15 is 0 Å². The number of aryl methyl sites for hydroxylation is 1. The van der Waals surface area contributed by atoms with Crippen LogP contribution in [0.25, 0.3) is 0 Å². The fraction of sp³-hybridized carbons (Fsp3) is 0.286. The predicted molar refractivity (Wildman–Crippen MR) is 68.7 cm³/mol. The second kappa shape index (κ2) is 4.88. The number of rotatable bonds is 3. The maximum Gasteiger partial charge on any atom is 0.339 e. The Labute approximate surface area is 114 Å². The predicted octanol–water partition coefficient (Wildman–Crippen LogP) is 1.44. The summed E-state index contributed by atoms with van der Waals surface area (Å²) in [6.45, 7) is 2.66. The molecule has 1 saturated heterocycles. The van der Waals surface area contributed by atoms with Gasteiger partial charge in [-0.15, -0.1) is 0 Å². The van der Waals surface area contributed by atoms with Crippen molar-refractivity contribution in [1.29, 1.82) is 0 Å². The van der Waals surface area contributed by atoms with E-state index in [0.717, 1.165) is 0 Å². The molecule has 0 radical (unpaired) electrons. The molecule has 1 amide bonds. The lowest BCUT2D eigenvalue weighted by atomic mass is 10.1. The van der Waals surface area contributed by atoms with Crippen LogP contribution in [0.2, 0.25) is 0 Å². The second-order valence-corrected chi connectivity index (χ2v) is 4.68. The van der Waals surface area contributed by atoms with Crippen LogP contribution in [0.15, 0.2) is 44.4 Å². The van der Waals surface area contributed by atoms with E-state index in [-0.39, 0.29) is 12.0 Å². The highest BCUT2D eigenvalue weighted by molar-refractivity contribution is 5.94. The van der Waals surface area contributed by atoms with Crippen molar-refractivity contribution in [3.05, 3.63) is 52.5 Å². The molecular formula is C14H13NO5. The van der Waals surface area contributed by atoms with Crippen molar-refractivity contribution in [2.75, 3.05) is 13.1 Å². The highest BCUT2D eigenvalue weighted by atomic mass is 16.5. The summed E-state index contributed by atoms with van der Waals surface area (Å²) in [6, 6.07) is 4.58. The summed E-state index contributed by atoms with van der Waals surface area (Å²) in [5.41, 5.74) is 0.0882. The Balaban J connectivity index is 1.58. The number of hydrogen-bond donors (Lipinski definition) is 0. The van der Waals surface area contributed by atoms with Gasteiger partial charge in [-0.2, -0.15) is 0 Å². The fourth-order valence-corrected chi connectivity index (χ4v) is 2.08. The standard InChI is InChI=1S/C14H13NO5/c1-9-4-11(5-13(16)19-9)20-12-6-15(7-12)14(17)10-2-3-18-8-10/h2-5,8,12H,6-7H2,1H3. The van der Waals surface area contributed by atoms with Crippen molar-refractivity contribution in [3.63, 3.8) is 0 Å². The van der Waals surface area contributed by atoms with Gasteiger partial charge < -0.3 is 18.5 Å². The third-order valence-corrected chi connectivity index (χ3v) is 3.07. The summed E-state index contributed by atoms with van der Waals surface area (Å²) in [5, 5.41) is 0. The van der Waals surface area contributed by atoms with Crippen LogP contribution in [0.5, 0.6) is 5.75 Å². The Morgan fingerprint density at radius 2 is 2.20 bits per heavy atom. The van der Waals surface area contributed by atoms with Gasteiger partial charge in [0.2, 0.25) is 0 Å².